The predicted octanol–water partition coefficient (Wildman–Crippen LogP) is 3.94. The maximum Gasteiger partial charge on any atom is 0.184 e. The standard InChI is InChI=1S/C15H26OSi2/c1-14(16-17(2,3)4)12-13-18(5,6)15-10-8-7-9-11-15/h7-14H,1-6H3/b13-12+/t14-/m0/s1. The molecule has 1 nitrogen and oxygen atoms in total. The summed E-state index contributed by atoms with van der Waals surface area (Å²) in [5.41, 5.74) is 2.40. The molecule has 0 heterocycles. The second-order valence-electron chi connectivity index (χ2n) is 6.38. The molecule has 0 aliphatic heterocycles. The second kappa shape index (κ2) is 6.00. The van der Waals surface area contributed by atoms with Crippen LogP contribution in [-0.2, 0) is 4.43 Å². The summed E-state index contributed by atoms with van der Waals surface area (Å²) >= 11 is 0. The molecule has 0 spiro atoms. The van der Waals surface area contributed by atoms with Crippen LogP contribution in [0, 0.1) is 0 Å². The lowest BCUT2D eigenvalue weighted by Gasteiger charge is -2.23. The van der Waals surface area contributed by atoms with Gasteiger partial charge in [0.2, 0.25) is 0 Å². The molecule has 0 unspecified atom stereocenters. The Kier molecular flexibility index (Phi) is 5.13. The van der Waals surface area contributed by atoms with Gasteiger partial charge in [-0.3, -0.25) is 0 Å². The molecule has 18 heavy (non-hydrogen) atoms. The van der Waals surface area contributed by atoms with Crippen LogP contribution in [0.5, 0.6) is 0 Å². The van der Waals surface area contributed by atoms with E-state index in [-0.39, 0.29) is 6.10 Å². The average Bonchev–Trinajstić information content (AvgIpc) is 2.26. The Labute approximate surface area is 114 Å². The molecular weight excluding hydrogens is 252 g/mol. The van der Waals surface area contributed by atoms with Crippen LogP contribution < -0.4 is 5.19 Å². The normalized spacial score (nSPS) is 15.0. The average molecular weight is 279 g/mol. The molecule has 0 aliphatic carbocycles. The first-order chi connectivity index (χ1) is 8.21. The molecule has 0 saturated heterocycles. The lowest BCUT2D eigenvalue weighted by atomic mass is 10.4. The van der Waals surface area contributed by atoms with Gasteiger partial charge in [-0.15, -0.1) is 0 Å². The highest BCUT2D eigenvalue weighted by Crippen LogP contribution is 2.11. The lowest BCUT2D eigenvalue weighted by molar-refractivity contribution is 0.263. The van der Waals surface area contributed by atoms with Crippen molar-refractivity contribution in [3.63, 3.8) is 0 Å². The first kappa shape index (κ1) is 15.4. The fraction of sp³-hybridized carbons (Fsp3) is 0.467. The third-order valence-electron chi connectivity index (χ3n) is 2.84. The molecular formula is C15H26OSi2. The van der Waals surface area contributed by atoms with Crippen molar-refractivity contribution in [2.75, 3.05) is 0 Å². The molecule has 0 N–H and O–H groups in total. The maximum atomic E-state index is 6.04. The fourth-order valence-electron chi connectivity index (χ4n) is 1.94. The van der Waals surface area contributed by atoms with E-state index in [1.54, 1.807) is 0 Å². The van der Waals surface area contributed by atoms with Crippen molar-refractivity contribution in [1.82, 2.24) is 0 Å². The summed E-state index contributed by atoms with van der Waals surface area (Å²) in [6.07, 6.45) is 2.48. The predicted molar refractivity (Wildman–Crippen MR) is 86.6 cm³/mol. The first-order valence-electron chi connectivity index (χ1n) is 6.63. The molecule has 0 amide bonds. The van der Waals surface area contributed by atoms with E-state index >= 15 is 0 Å². The molecule has 0 radical (unpaired) electrons. The zero-order chi connectivity index (χ0) is 13.8. The van der Waals surface area contributed by atoms with Gasteiger partial charge in [0.05, 0.1) is 6.10 Å². The van der Waals surface area contributed by atoms with Gasteiger partial charge >= 0.3 is 0 Å². The van der Waals surface area contributed by atoms with Gasteiger partial charge in [-0.05, 0) is 26.6 Å². The van der Waals surface area contributed by atoms with Crippen molar-refractivity contribution in [2.45, 2.75) is 45.8 Å². The molecule has 1 aromatic carbocycles. The third-order valence-corrected chi connectivity index (χ3v) is 6.77. The first-order valence-corrected chi connectivity index (χ1v) is 13.1. The molecule has 0 fully saturated rings. The zero-order valence-corrected chi connectivity index (χ0v) is 14.5. The van der Waals surface area contributed by atoms with Crippen LogP contribution in [0.15, 0.2) is 42.1 Å². The minimum absolute atomic E-state index is 0.229. The highest BCUT2D eigenvalue weighted by Gasteiger charge is 2.21. The van der Waals surface area contributed by atoms with E-state index in [0.29, 0.717) is 0 Å². The van der Waals surface area contributed by atoms with Crippen LogP contribution in [-0.4, -0.2) is 22.5 Å². The highest BCUT2D eigenvalue weighted by atomic mass is 28.4. The summed E-state index contributed by atoms with van der Waals surface area (Å²) in [4.78, 5) is 0. The van der Waals surface area contributed by atoms with Gasteiger partial charge in [0.25, 0.3) is 0 Å². The molecule has 1 atom stereocenters. The van der Waals surface area contributed by atoms with Crippen molar-refractivity contribution in [2.24, 2.45) is 0 Å². The molecule has 100 valence electrons. The number of hydrogen-bond acceptors (Lipinski definition) is 1. The van der Waals surface area contributed by atoms with E-state index in [1.807, 2.05) is 0 Å². The minimum Gasteiger partial charge on any atom is -0.412 e. The van der Waals surface area contributed by atoms with Gasteiger partial charge in [0, 0.05) is 0 Å². The van der Waals surface area contributed by atoms with Crippen LogP contribution >= 0.6 is 0 Å². The number of hydrogen-bond donors (Lipinski definition) is 0. The van der Waals surface area contributed by atoms with Gasteiger partial charge in [0.1, 0.15) is 8.07 Å². The van der Waals surface area contributed by atoms with Gasteiger partial charge in [-0.25, -0.2) is 0 Å². The smallest absolute Gasteiger partial charge is 0.184 e. The van der Waals surface area contributed by atoms with E-state index < -0.39 is 16.4 Å². The summed E-state index contributed by atoms with van der Waals surface area (Å²) in [6, 6.07) is 10.8. The molecule has 1 aromatic rings. The summed E-state index contributed by atoms with van der Waals surface area (Å²) in [5, 5.41) is 1.47. The Hall–Kier alpha value is -0.646. The van der Waals surface area contributed by atoms with E-state index in [1.165, 1.54) is 5.19 Å². The minimum atomic E-state index is -1.46. The maximum absolute atomic E-state index is 6.04. The topological polar surface area (TPSA) is 9.23 Å². The Morgan fingerprint density at radius 1 is 1.00 bits per heavy atom. The van der Waals surface area contributed by atoms with Crippen LogP contribution in [0.2, 0.25) is 32.7 Å². The SMILES string of the molecule is C[C@@H](/C=C/[Si](C)(C)c1ccccc1)O[Si](C)(C)C. The number of rotatable bonds is 5. The Morgan fingerprint density at radius 2 is 1.56 bits per heavy atom. The zero-order valence-electron chi connectivity index (χ0n) is 12.5. The van der Waals surface area contributed by atoms with E-state index in [0.717, 1.165) is 0 Å². The molecule has 0 aliphatic rings. The van der Waals surface area contributed by atoms with Crippen LogP contribution in [0.25, 0.3) is 0 Å². The highest BCUT2D eigenvalue weighted by molar-refractivity contribution is 6.93. The van der Waals surface area contributed by atoms with Gasteiger partial charge < -0.3 is 4.43 Å². The molecule has 3 heteroatoms. The second-order valence-corrected chi connectivity index (χ2v) is 15.2. The fourth-order valence-corrected chi connectivity index (χ4v) is 5.13. The van der Waals surface area contributed by atoms with Crippen LogP contribution in [0.1, 0.15) is 6.92 Å². The van der Waals surface area contributed by atoms with Gasteiger partial charge in [0.15, 0.2) is 8.32 Å². The monoisotopic (exact) mass is 278 g/mol. The van der Waals surface area contributed by atoms with Crippen molar-refractivity contribution < 1.29 is 4.43 Å². The van der Waals surface area contributed by atoms with Crippen molar-refractivity contribution in [3.05, 3.63) is 42.1 Å². The van der Waals surface area contributed by atoms with Gasteiger partial charge in [-0.2, -0.15) is 0 Å². The lowest BCUT2D eigenvalue weighted by Crippen LogP contribution is -2.39. The summed E-state index contributed by atoms with van der Waals surface area (Å²) in [7, 11) is -2.89. The Balaban J connectivity index is 2.71. The quantitative estimate of drug-likeness (QED) is 0.741. The summed E-state index contributed by atoms with van der Waals surface area (Å²) in [6.45, 7) is 13.6. The van der Waals surface area contributed by atoms with Crippen molar-refractivity contribution >= 4 is 21.6 Å². The van der Waals surface area contributed by atoms with Crippen molar-refractivity contribution in [1.29, 1.82) is 0 Å². The molecule has 1 rings (SSSR count). The Bertz CT molecular complexity index is 391. The van der Waals surface area contributed by atoms with E-state index in [2.05, 4.69) is 81.8 Å². The van der Waals surface area contributed by atoms with Crippen molar-refractivity contribution in [3.8, 4) is 0 Å². The third kappa shape index (κ3) is 5.33. The van der Waals surface area contributed by atoms with Gasteiger partial charge in [-0.1, -0.05) is 60.4 Å². The molecule has 0 aromatic heterocycles. The summed E-state index contributed by atoms with van der Waals surface area (Å²) in [5.74, 6) is 0. The van der Waals surface area contributed by atoms with Crippen LogP contribution in [0.3, 0.4) is 0 Å². The van der Waals surface area contributed by atoms with Crippen LogP contribution in [0.4, 0.5) is 0 Å². The molecule has 0 bridgehead atoms. The largest absolute Gasteiger partial charge is 0.412 e. The molecule has 0 saturated carbocycles. The number of benzene rings is 1. The Morgan fingerprint density at radius 3 is 2.06 bits per heavy atom. The van der Waals surface area contributed by atoms with E-state index in [4.69, 9.17) is 4.43 Å². The van der Waals surface area contributed by atoms with E-state index in [9.17, 15) is 0 Å². The summed E-state index contributed by atoms with van der Waals surface area (Å²) < 4.78 is 6.04.